The van der Waals surface area contributed by atoms with E-state index in [1.807, 2.05) is 31.2 Å². The summed E-state index contributed by atoms with van der Waals surface area (Å²) in [6.07, 6.45) is 7.20. The van der Waals surface area contributed by atoms with Crippen molar-refractivity contribution in [2.75, 3.05) is 0 Å². The number of nitrogens with zero attached hydrogens (tertiary/aromatic N) is 2. The molecule has 0 heterocycles. The molecule has 0 saturated carbocycles. The minimum Gasteiger partial charge on any atom is -0.207 e. The summed E-state index contributed by atoms with van der Waals surface area (Å²) >= 11 is 0. The number of halogens is 1. The Labute approximate surface area is 137 Å². The van der Waals surface area contributed by atoms with Gasteiger partial charge in [0.05, 0.1) is 12.4 Å². The van der Waals surface area contributed by atoms with Crippen LogP contribution in [-0.4, -0.2) is 12.4 Å². The number of aryl methyl sites for hydroxylation is 2. The highest BCUT2D eigenvalue weighted by atomic mass is 19.1. The van der Waals surface area contributed by atoms with Crippen molar-refractivity contribution in [3.63, 3.8) is 0 Å². The van der Waals surface area contributed by atoms with E-state index in [9.17, 15) is 4.39 Å². The summed E-state index contributed by atoms with van der Waals surface area (Å²) in [5.74, 6) is -0.175. The van der Waals surface area contributed by atoms with Gasteiger partial charge in [0.1, 0.15) is 5.82 Å². The first-order valence-corrected chi connectivity index (χ1v) is 8.16. The monoisotopic (exact) mass is 310 g/mol. The predicted octanol–water partition coefficient (Wildman–Crippen LogP) is 5.18. The van der Waals surface area contributed by atoms with Gasteiger partial charge in [-0.25, -0.2) is 4.39 Å². The zero-order valence-corrected chi connectivity index (χ0v) is 13.8. The molecular formula is C20H23FN2. The molecule has 3 heteroatoms. The SMILES string of the molecule is CCCc1ccc(C=NN=Cc2ccc(CCC)c(F)c2)cc1. The Kier molecular flexibility index (Phi) is 6.67. The first-order valence-electron chi connectivity index (χ1n) is 8.16. The van der Waals surface area contributed by atoms with Gasteiger partial charge in [-0.05, 0) is 41.2 Å². The van der Waals surface area contributed by atoms with Crippen LogP contribution in [0.4, 0.5) is 4.39 Å². The molecule has 0 saturated heterocycles. The number of rotatable bonds is 7. The molecule has 0 aliphatic rings. The summed E-state index contributed by atoms with van der Waals surface area (Å²) in [4.78, 5) is 0. The molecule has 0 aliphatic carbocycles. The Morgan fingerprint density at radius 1 is 0.826 bits per heavy atom. The highest BCUT2D eigenvalue weighted by molar-refractivity contribution is 5.82. The third kappa shape index (κ3) is 5.44. The van der Waals surface area contributed by atoms with Crippen molar-refractivity contribution < 1.29 is 4.39 Å². The lowest BCUT2D eigenvalue weighted by Gasteiger charge is -2.01. The number of hydrogen-bond acceptors (Lipinski definition) is 2. The lowest BCUT2D eigenvalue weighted by atomic mass is 10.1. The molecule has 2 nitrogen and oxygen atoms in total. The van der Waals surface area contributed by atoms with Crippen LogP contribution in [0.15, 0.2) is 52.7 Å². The maximum absolute atomic E-state index is 13.8. The Bertz CT molecular complexity index is 673. The Hall–Kier alpha value is -2.29. The van der Waals surface area contributed by atoms with Crippen LogP contribution in [-0.2, 0) is 12.8 Å². The molecule has 0 N–H and O–H groups in total. The van der Waals surface area contributed by atoms with E-state index in [-0.39, 0.29) is 5.82 Å². The number of hydrogen-bond donors (Lipinski definition) is 0. The first-order chi connectivity index (χ1) is 11.2. The number of benzene rings is 2. The third-order valence-corrected chi connectivity index (χ3v) is 3.60. The maximum atomic E-state index is 13.8. The van der Waals surface area contributed by atoms with Gasteiger partial charge in [-0.2, -0.15) is 10.2 Å². The molecule has 0 amide bonds. The molecule has 0 fully saturated rings. The molecule has 0 radical (unpaired) electrons. The topological polar surface area (TPSA) is 24.7 Å². The normalized spacial score (nSPS) is 11.6. The van der Waals surface area contributed by atoms with E-state index in [2.05, 4.69) is 29.3 Å². The second kappa shape index (κ2) is 8.99. The van der Waals surface area contributed by atoms with Crippen molar-refractivity contribution in [1.82, 2.24) is 0 Å². The first kappa shape index (κ1) is 17.1. The summed E-state index contributed by atoms with van der Waals surface area (Å²) in [5, 5.41) is 8.01. The molecule has 23 heavy (non-hydrogen) atoms. The predicted molar refractivity (Wildman–Crippen MR) is 96.0 cm³/mol. The minimum atomic E-state index is -0.175. The summed E-state index contributed by atoms with van der Waals surface area (Å²) in [7, 11) is 0. The smallest absolute Gasteiger partial charge is 0.127 e. The van der Waals surface area contributed by atoms with Gasteiger partial charge in [0, 0.05) is 0 Å². The van der Waals surface area contributed by atoms with Gasteiger partial charge >= 0.3 is 0 Å². The van der Waals surface area contributed by atoms with Crippen LogP contribution in [0.2, 0.25) is 0 Å². The van der Waals surface area contributed by atoms with Gasteiger partial charge in [-0.1, -0.05) is 63.1 Å². The molecule has 0 aromatic heterocycles. The molecule has 0 unspecified atom stereocenters. The molecular weight excluding hydrogens is 287 g/mol. The quantitative estimate of drug-likeness (QED) is 0.497. The Morgan fingerprint density at radius 3 is 2.04 bits per heavy atom. The molecule has 2 aromatic carbocycles. The van der Waals surface area contributed by atoms with E-state index in [4.69, 9.17) is 0 Å². The second-order valence-electron chi connectivity index (χ2n) is 5.58. The summed E-state index contributed by atoms with van der Waals surface area (Å²) in [6, 6.07) is 13.5. The Balaban J connectivity index is 1.96. The van der Waals surface area contributed by atoms with E-state index >= 15 is 0 Å². The van der Waals surface area contributed by atoms with Gasteiger partial charge in [-0.15, -0.1) is 0 Å². The highest BCUT2D eigenvalue weighted by Gasteiger charge is 2.01. The lowest BCUT2D eigenvalue weighted by Crippen LogP contribution is -1.92. The van der Waals surface area contributed by atoms with Gasteiger partial charge in [0.25, 0.3) is 0 Å². The van der Waals surface area contributed by atoms with E-state index in [0.717, 1.165) is 42.4 Å². The fraction of sp³-hybridized carbons (Fsp3) is 0.300. The van der Waals surface area contributed by atoms with Crippen molar-refractivity contribution in [3.8, 4) is 0 Å². The fourth-order valence-corrected chi connectivity index (χ4v) is 2.37. The van der Waals surface area contributed by atoms with Gasteiger partial charge in [0.2, 0.25) is 0 Å². The zero-order chi connectivity index (χ0) is 16.5. The zero-order valence-electron chi connectivity index (χ0n) is 13.8. The lowest BCUT2D eigenvalue weighted by molar-refractivity contribution is 0.607. The van der Waals surface area contributed by atoms with Crippen LogP contribution in [0, 0.1) is 5.82 Å². The third-order valence-electron chi connectivity index (χ3n) is 3.60. The van der Waals surface area contributed by atoms with Crippen LogP contribution < -0.4 is 0 Å². The van der Waals surface area contributed by atoms with Crippen molar-refractivity contribution in [1.29, 1.82) is 0 Å². The van der Waals surface area contributed by atoms with E-state index in [0.29, 0.717) is 0 Å². The van der Waals surface area contributed by atoms with Gasteiger partial charge in [-0.3, -0.25) is 0 Å². The van der Waals surface area contributed by atoms with E-state index < -0.39 is 0 Å². The summed E-state index contributed by atoms with van der Waals surface area (Å²) in [5.41, 5.74) is 3.81. The largest absolute Gasteiger partial charge is 0.207 e. The van der Waals surface area contributed by atoms with Crippen LogP contribution in [0.1, 0.15) is 48.9 Å². The van der Waals surface area contributed by atoms with E-state index in [1.165, 1.54) is 11.6 Å². The highest BCUT2D eigenvalue weighted by Crippen LogP contribution is 2.11. The molecule has 2 aromatic rings. The van der Waals surface area contributed by atoms with Crippen molar-refractivity contribution in [2.45, 2.75) is 39.5 Å². The molecule has 120 valence electrons. The second-order valence-corrected chi connectivity index (χ2v) is 5.58. The molecule has 0 aliphatic heterocycles. The average Bonchev–Trinajstić information content (AvgIpc) is 2.56. The summed E-state index contributed by atoms with van der Waals surface area (Å²) in [6.45, 7) is 4.21. The molecule has 0 spiro atoms. The maximum Gasteiger partial charge on any atom is 0.127 e. The average molecular weight is 310 g/mol. The Morgan fingerprint density at radius 2 is 1.43 bits per heavy atom. The molecule has 0 atom stereocenters. The summed E-state index contributed by atoms with van der Waals surface area (Å²) < 4.78 is 13.8. The molecule has 2 rings (SSSR count). The standard InChI is InChI=1S/C20H23FN2/c1-3-5-16-7-9-17(10-8-16)14-22-23-15-18-11-12-19(6-4-2)20(21)13-18/h7-15H,3-6H2,1-2H3. The van der Waals surface area contributed by atoms with Crippen molar-refractivity contribution in [3.05, 3.63) is 70.5 Å². The van der Waals surface area contributed by atoms with Crippen molar-refractivity contribution >= 4 is 12.4 Å². The van der Waals surface area contributed by atoms with Crippen LogP contribution in [0.5, 0.6) is 0 Å². The van der Waals surface area contributed by atoms with Crippen LogP contribution in [0.25, 0.3) is 0 Å². The fourth-order valence-electron chi connectivity index (χ4n) is 2.37. The van der Waals surface area contributed by atoms with Crippen molar-refractivity contribution in [2.24, 2.45) is 10.2 Å². The minimum absolute atomic E-state index is 0.175. The molecule has 0 bridgehead atoms. The van der Waals surface area contributed by atoms with E-state index in [1.54, 1.807) is 12.4 Å². The van der Waals surface area contributed by atoms with Gasteiger partial charge < -0.3 is 0 Å². The van der Waals surface area contributed by atoms with Crippen LogP contribution >= 0.6 is 0 Å². The van der Waals surface area contributed by atoms with Crippen LogP contribution in [0.3, 0.4) is 0 Å². The van der Waals surface area contributed by atoms with Gasteiger partial charge in [0.15, 0.2) is 0 Å².